The number of hydrogen-bond donors (Lipinski definition) is 2. The van der Waals surface area contributed by atoms with E-state index in [9.17, 15) is 9.59 Å². The van der Waals surface area contributed by atoms with Crippen LogP contribution in [0.15, 0.2) is 22.7 Å². The second kappa shape index (κ2) is 6.74. The molecule has 0 radical (unpaired) electrons. The molecule has 0 aromatic heterocycles. The van der Waals surface area contributed by atoms with Gasteiger partial charge in [0.15, 0.2) is 6.61 Å². The van der Waals surface area contributed by atoms with Crippen LogP contribution in [0.2, 0.25) is 0 Å². The van der Waals surface area contributed by atoms with Crippen LogP contribution in [0, 0.1) is 3.57 Å². The molecule has 7 heteroatoms. The number of halogens is 2. The fourth-order valence-corrected chi connectivity index (χ4v) is 2.86. The van der Waals surface area contributed by atoms with Gasteiger partial charge in [-0.3, -0.25) is 0 Å². The zero-order valence-electron chi connectivity index (χ0n) is 8.89. The Morgan fingerprint density at radius 3 is 2.61 bits per heavy atom. The van der Waals surface area contributed by atoms with Gasteiger partial charge >= 0.3 is 11.9 Å². The zero-order valence-corrected chi connectivity index (χ0v) is 12.6. The molecular weight excluding hydrogens is 419 g/mol. The quantitative estimate of drug-likeness (QED) is 0.558. The average Bonchev–Trinajstić information content (AvgIpc) is 2.24. The van der Waals surface area contributed by atoms with Crippen LogP contribution >= 0.6 is 38.5 Å². The van der Waals surface area contributed by atoms with Gasteiger partial charge in [-0.1, -0.05) is 15.9 Å². The Bertz CT molecular complexity index is 512. The van der Waals surface area contributed by atoms with Gasteiger partial charge in [-0.05, 0) is 40.8 Å². The van der Waals surface area contributed by atoms with Crippen LogP contribution in [0.4, 0.5) is 0 Å². The summed E-state index contributed by atoms with van der Waals surface area (Å²) < 4.78 is 6.58. The molecule has 0 aliphatic heterocycles. The highest BCUT2D eigenvalue weighted by molar-refractivity contribution is 14.1. The lowest BCUT2D eigenvalue weighted by Gasteiger charge is -2.10. The zero-order chi connectivity index (χ0) is 13.7. The van der Waals surface area contributed by atoms with Crippen LogP contribution in [0.3, 0.4) is 0 Å². The highest BCUT2D eigenvalue weighted by Gasteiger charge is 2.10. The van der Waals surface area contributed by atoms with Crippen molar-refractivity contribution in [1.82, 2.24) is 0 Å². The first kappa shape index (κ1) is 15.0. The molecule has 96 valence electrons. The Labute approximate surface area is 125 Å². The Morgan fingerprint density at radius 1 is 1.39 bits per heavy atom. The summed E-state index contributed by atoms with van der Waals surface area (Å²) in [6.45, 7) is -0.481. The van der Waals surface area contributed by atoms with Gasteiger partial charge in [-0.15, -0.1) is 0 Å². The normalized spacial score (nSPS) is 10.6. The molecule has 1 rings (SSSR count). The molecule has 0 amide bonds. The van der Waals surface area contributed by atoms with Crippen molar-refractivity contribution in [3.05, 3.63) is 31.8 Å². The van der Waals surface area contributed by atoms with Crippen LogP contribution in [-0.2, 0) is 9.59 Å². The van der Waals surface area contributed by atoms with E-state index in [1.807, 2.05) is 22.6 Å². The second-order valence-electron chi connectivity index (χ2n) is 3.16. The number of hydrogen-bond acceptors (Lipinski definition) is 3. The van der Waals surface area contributed by atoms with Crippen LogP contribution in [0.1, 0.15) is 5.56 Å². The van der Waals surface area contributed by atoms with Crippen LogP contribution < -0.4 is 4.74 Å². The number of carboxylic acid groups (broad SMARTS) is 2. The van der Waals surface area contributed by atoms with Crippen molar-refractivity contribution < 1.29 is 24.5 Å². The van der Waals surface area contributed by atoms with Crippen molar-refractivity contribution in [2.24, 2.45) is 0 Å². The summed E-state index contributed by atoms with van der Waals surface area (Å²) in [7, 11) is 0. The minimum absolute atomic E-state index is 0.346. The van der Waals surface area contributed by atoms with Gasteiger partial charge in [0.25, 0.3) is 0 Å². The van der Waals surface area contributed by atoms with Gasteiger partial charge < -0.3 is 14.9 Å². The highest BCUT2D eigenvalue weighted by Crippen LogP contribution is 2.30. The predicted molar refractivity (Wildman–Crippen MR) is 76.7 cm³/mol. The summed E-state index contributed by atoms with van der Waals surface area (Å²) in [4.78, 5) is 21.0. The fraction of sp³-hybridized carbons (Fsp3) is 0.0909. The monoisotopic (exact) mass is 426 g/mol. The maximum Gasteiger partial charge on any atom is 0.341 e. The van der Waals surface area contributed by atoms with Gasteiger partial charge in [0, 0.05) is 16.1 Å². The standard InChI is InChI=1S/C11H8BrIO5/c12-7-3-6(1-2-9(14)15)11(8(13)4-7)18-5-10(16)17/h1-4H,5H2,(H,14,15)(H,16,17)/b2-1+. The molecule has 0 fully saturated rings. The van der Waals surface area contributed by atoms with E-state index in [0.29, 0.717) is 14.9 Å². The largest absolute Gasteiger partial charge is 0.480 e. The third kappa shape index (κ3) is 4.65. The molecule has 18 heavy (non-hydrogen) atoms. The lowest BCUT2D eigenvalue weighted by atomic mass is 10.2. The van der Waals surface area contributed by atoms with E-state index >= 15 is 0 Å². The van der Waals surface area contributed by atoms with E-state index in [1.165, 1.54) is 6.08 Å². The molecule has 2 N–H and O–H groups in total. The Kier molecular flexibility index (Phi) is 5.60. The Hall–Kier alpha value is -1.09. The number of aliphatic carboxylic acids is 2. The number of carboxylic acids is 2. The Morgan fingerprint density at radius 2 is 2.06 bits per heavy atom. The number of benzene rings is 1. The van der Waals surface area contributed by atoms with Crippen molar-refractivity contribution in [3.63, 3.8) is 0 Å². The number of ether oxygens (including phenoxy) is 1. The highest BCUT2D eigenvalue weighted by atomic mass is 127. The van der Waals surface area contributed by atoms with Crippen LogP contribution in [-0.4, -0.2) is 28.8 Å². The maximum atomic E-state index is 10.5. The topological polar surface area (TPSA) is 83.8 Å². The maximum absolute atomic E-state index is 10.5. The third-order valence-corrected chi connectivity index (χ3v) is 3.04. The third-order valence-electron chi connectivity index (χ3n) is 1.78. The lowest BCUT2D eigenvalue weighted by Crippen LogP contribution is -2.11. The van der Waals surface area contributed by atoms with Gasteiger partial charge in [-0.2, -0.15) is 0 Å². The van der Waals surface area contributed by atoms with E-state index in [2.05, 4.69) is 15.9 Å². The molecule has 1 aromatic carbocycles. The smallest absolute Gasteiger partial charge is 0.341 e. The van der Waals surface area contributed by atoms with E-state index in [0.717, 1.165) is 10.5 Å². The van der Waals surface area contributed by atoms with Crippen molar-refractivity contribution in [1.29, 1.82) is 0 Å². The minimum Gasteiger partial charge on any atom is -0.480 e. The first-order valence-electron chi connectivity index (χ1n) is 4.65. The molecule has 0 aliphatic carbocycles. The number of carbonyl (C=O) groups is 2. The Balaban J connectivity index is 3.12. The molecule has 0 aliphatic rings. The van der Waals surface area contributed by atoms with Gasteiger partial charge in [0.05, 0.1) is 3.57 Å². The van der Waals surface area contributed by atoms with Crippen LogP contribution in [0.5, 0.6) is 5.75 Å². The average molecular weight is 427 g/mol. The van der Waals surface area contributed by atoms with Crippen molar-refractivity contribution in [2.75, 3.05) is 6.61 Å². The first-order valence-corrected chi connectivity index (χ1v) is 6.52. The minimum atomic E-state index is -1.10. The van der Waals surface area contributed by atoms with Gasteiger partial charge in [0.1, 0.15) is 5.75 Å². The molecule has 0 heterocycles. The molecular formula is C11H8BrIO5. The summed E-state index contributed by atoms with van der Waals surface area (Å²) in [5.74, 6) is -1.84. The lowest BCUT2D eigenvalue weighted by molar-refractivity contribution is -0.139. The molecule has 0 spiro atoms. The van der Waals surface area contributed by atoms with Crippen molar-refractivity contribution >= 4 is 56.5 Å². The number of rotatable bonds is 5. The van der Waals surface area contributed by atoms with Crippen LogP contribution in [0.25, 0.3) is 6.08 Å². The molecule has 1 aromatic rings. The summed E-state index contributed by atoms with van der Waals surface area (Å²) >= 11 is 5.26. The summed E-state index contributed by atoms with van der Waals surface area (Å²) in [5.41, 5.74) is 0.498. The van der Waals surface area contributed by atoms with E-state index in [4.69, 9.17) is 14.9 Å². The van der Waals surface area contributed by atoms with Gasteiger partial charge in [0.2, 0.25) is 0 Å². The summed E-state index contributed by atoms with van der Waals surface area (Å²) in [6, 6.07) is 3.40. The predicted octanol–water partition coefficient (Wildman–Crippen LogP) is 2.61. The summed E-state index contributed by atoms with van der Waals surface area (Å²) in [6.07, 6.45) is 2.32. The summed E-state index contributed by atoms with van der Waals surface area (Å²) in [5, 5.41) is 17.2. The molecule has 0 unspecified atom stereocenters. The van der Waals surface area contributed by atoms with E-state index in [1.54, 1.807) is 12.1 Å². The van der Waals surface area contributed by atoms with E-state index < -0.39 is 18.5 Å². The SMILES string of the molecule is O=C(O)/C=C/c1cc(Br)cc(I)c1OCC(=O)O. The molecule has 5 nitrogen and oxygen atoms in total. The molecule has 0 saturated heterocycles. The van der Waals surface area contributed by atoms with Crippen molar-refractivity contribution in [3.8, 4) is 5.75 Å². The molecule has 0 saturated carbocycles. The second-order valence-corrected chi connectivity index (χ2v) is 5.24. The first-order chi connectivity index (χ1) is 8.40. The van der Waals surface area contributed by atoms with Crippen molar-refractivity contribution in [2.45, 2.75) is 0 Å². The molecule has 0 bridgehead atoms. The van der Waals surface area contributed by atoms with E-state index in [-0.39, 0.29) is 0 Å². The van der Waals surface area contributed by atoms with Gasteiger partial charge in [-0.25, -0.2) is 9.59 Å². The fourth-order valence-electron chi connectivity index (χ4n) is 1.15. The molecule has 0 atom stereocenters.